The third-order valence-electron chi connectivity index (χ3n) is 6.29. The largest absolute Gasteiger partial charge is 0.395 e. The molecular formula is C24H31N5O3S2. The van der Waals surface area contributed by atoms with Crippen LogP contribution in [0.4, 0.5) is 5.82 Å². The first-order valence-corrected chi connectivity index (χ1v) is 13.0. The number of thioether (sulfide) groups is 1. The number of hydrogen-bond donors (Lipinski definition) is 1. The van der Waals surface area contributed by atoms with Gasteiger partial charge in [-0.25, -0.2) is 4.98 Å². The van der Waals surface area contributed by atoms with E-state index < -0.39 is 0 Å². The average molecular weight is 502 g/mol. The molecule has 182 valence electrons. The number of piperazine rings is 1. The summed E-state index contributed by atoms with van der Waals surface area (Å²) in [6, 6.07) is 3.77. The van der Waals surface area contributed by atoms with Crippen molar-refractivity contribution in [2.45, 2.75) is 33.1 Å². The second-order valence-electron chi connectivity index (χ2n) is 8.63. The lowest BCUT2D eigenvalue weighted by Gasteiger charge is -2.35. The summed E-state index contributed by atoms with van der Waals surface area (Å²) in [4.78, 5) is 38.1. The van der Waals surface area contributed by atoms with Gasteiger partial charge in [0.2, 0.25) is 0 Å². The van der Waals surface area contributed by atoms with Crippen molar-refractivity contribution in [3.05, 3.63) is 44.7 Å². The second kappa shape index (κ2) is 11.0. The SMILES string of the molecule is CCCCCN1C(=O)C(=Cc2c(N3CCN(CCO)CC3)nc3c(C)cccn3c2=O)SC1=S. The van der Waals surface area contributed by atoms with Crippen LogP contribution in [-0.2, 0) is 4.79 Å². The predicted molar refractivity (Wildman–Crippen MR) is 141 cm³/mol. The minimum absolute atomic E-state index is 0.125. The number of unbranched alkanes of at least 4 members (excludes halogenated alkanes) is 2. The lowest BCUT2D eigenvalue weighted by Crippen LogP contribution is -2.48. The average Bonchev–Trinajstić information content (AvgIpc) is 3.09. The summed E-state index contributed by atoms with van der Waals surface area (Å²) in [6.07, 6.45) is 6.40. The summed E-state index contributed by atoms with van der Waals surface area (Å²) in [5.41, 5.74) is 1.74. The molecule has 2 aliphatic heterocycles. The first-order chi connectivity index (χ1) is 16.4. The molecule has 2 saturated heterocycles. The number of β-amino-alcohol motifs (C(OH)–C–C–N with tert-alkyl or cyclic N) is 1. The molecule has 0 aliphatic carbocycles. The molecule has 2 aromatic heterocycles. The van der Waals surface area contributed by atoms with Gasteiger partial charge in [0.05, 0.1) is 17.1 Å². The molecular weight excluding hydrogens is 470 g/mol. The lowest BCUT2D eigenvalue weighted by atomic mass is 10.2. The van der Waals surface area contributed by atoms with Crippen LogP contribution in [-0.4, -0.2) is 80.4 Å². The number of aliphatic hydroxyl groups excluding tert-OH is 1. The molecule has 0 spiro atoms. The zero-order valence-corrected chi connectivity index (χ0v) is 21.3. The number of aliphatic hydroxyl groups is 1. The molecule has 0 radical (unpaired) electrons. The number of thiocarbonyl (C=S) groups is 1. The summed E-state index contributed by atoms with van der Waals surface area (Å²) in [6.45, 7) is 8.34. The van der Waals surface area contributed by atoms with Gasteiger partial charge in [-0.15, -0.1) is 0 Å². The van der Waals surface area contributed by atoms with Crippen molar-refractivity contribution in [2.24, 2.45) is 0 Å². The van der Waals surface area contributed by atoms with Crippen molar-refractivity contribution >= 4 is 51.7 Å². The molecule has 1 amide bonds. The van der Waals surface area contributed by atoms with E-state index in [2.05, 4.69) is 16.7 Å². The maximum atomic E-state index is 13.6. The number of amides is 1. The number of nitrogens with zero attached hydrogens (tertiary/aromatic N) is 5. The summed E-state index contributed by atoms with van der Waals surface area (Å²) in [5.74, 6) is 0.456. The normalized spacial score (nSPS) is 18.6. The highest BCUT2D eigenvalue weighted by Crippen LogP contribution is 2.34. The second-order valence-corrected chi connectivity index (χ2v) is 10.3. The molecule has 0 aromatic carbocycles. The Hall–Kier alpha value is -2.27. The Bertz CT molecular complexity index is 1170. The van der Waals surface area contributed by atoms with E-state index >= 15 is 0 Å². The van der Waals surface area contributed by atoms with E-state index in [1.54, 1.807) is 21.6 Å². The van der Waals surface area contributed by atoms with Crippen LogP contribution in [0.5, 0.6) is 0 Å². The van der Waals surface area contributed by atoms with E-state index in [1.807, 2.05) is 19.1 Å². The van der Waals surface area contributed by atoms with Crippen LogP contribution in [0.3, 0.4) is 0 Å². The minimum Gasteiger partial charge on any atom is -0.395 e. The number of anilines is 1. The first kappa shape index (κ1) is 24.8. The van der Waals surface area contributed by atoms with Crippen LogP contribution in [0.25, 0.3) is 11.7 Å². The summed E-state index contributed by atoms with van der Waals surface area (Å²) >= 11 is 6.73. The highest BCUT2D eigenvalue weighted by Gasteiger charge is 2.33. The molecule has 0 saturated carbocycles. The zero-order valence-electron chi connectivity index (χ0n) is 19.7. The maximum absolute atomic E-state index is 13.6. The van der Waals surface area contributed by atoms with Gasteiger partial charge >= 0.3 is 0 Å². The van der Waals surface area contributed by atoms with E-state index in [1.165, 1.54) is 11.8 Å². The fraction of sp³-hybridized carbons (Fsp3) is 0.500. The zero-order chi connectivity index (χ0) is 24.2. The van der Waals surface area contributed by atoms with Crippen molar-refractivity contribution in [1.29, 1.82) is 0 Å². The van der Waals surface area contributed by atoms with Gasteiger partial charge in [-0.1, -0.05) is 49.8 Å². The molecule has 0 unspecified atom stereocenters. The molecule has 1 N–H and O–H groups in total. The van der Waals surface area contributed by atoms with Gasteiger partial charge in [0.1, 0.15) is 15.8 Å². The van der Waals surface area contributed by atoms with Crippen LogP contribution < -0.4 is 10.5 Å². The molecule has 2 fully saturated rings. The van der Waals surface area contributed by atoms with Gasteiger partial charge in [0, 0.05) is 45.5 Å². The van der Waals surface area contributed by atoms with Crippen molar-refractivity contribution in [3.63, 3.8) is 0 Å². The van der Waals surface area contributed by atoms with Gasteiger partial charge in [-0.2, -0.15) is 0 Å². The molecule has 2 aromatic rings. The Kier molecular flexibility index (Phi) is 8.02. The van der Waals surface area contributed by atoms with Crippen molar-refractivity contribution < 1.29 is 9.90 Å². The van der Waals surface area contributed by atoms with Gasteiger partial charge in [-0.05, 0) is 31.1 Å². The molecule has 0 bridgehead atoms. The summed E-state index contributed by atoms with van der Waals surface area (Å²) < 4.78 is 2.09. The van der Waals surface area contributed by atoms with Crippen LogP contribution in [0, 0.1) is 6.92 Å². The van der Waals surface area contributed by atoms with Crippen LogP contribution in [0.15, 0.2) is 28.0 Å². The fourth-order valence-corrected chi connectivity index (χ4v) is 5.63. The smallest absolute Gasteiger partial charge is 0.267 e. The Balaban J connectivity index is 1.74. The fourth-order valence-electron chi connectivity index (χ4n) is 4.34. The number of pyridine rings is 1. The van der Waals surface area contributed by atoms with E-state index in [9.17, 15) is 14.7 Å². The van der Waals surface area contributed by atoms with Crippen molar-refractivity contribution in [3.8, 4) is 0 Å². The predicted octanol–water partition coefficient (Wildman–Crippen LogP) is 2.51. The van der Waals surface area contributed by atoms with Crippen LogP contribution >= 0.6 is 24.0 Å². The van der Waals surface area contributed by atoms with Crippen LogP contribution in [0.2, 0.25) is 0 Å². The number of aryl methyl sites for hydroxylation is 1. The highest BCUT2D eigenvalue weighted by molar-refractivity contribution is 8.26. The maximum Gasteiger partial charge on any atom is 0.267 e. The molecule has 10 heteroatoms. The Morgan fingerprint density at radius 2 is 1.94 bits per heavy atom. The lowest BCUT2D eigenvalue weighted by molar-refractivity contribution is -0.122. The van der Waals surface area contributed by atoms with E-state index in [-0.39, 0.29) is 18.1 Å². The Labute approximate surface area is 209 Å². The Morgan fingerprint density at radius 3 is 2.65 bits per heavy atom. The van der Waals surface area contributed by atoms with Crippen LogP contribution in [0.1, 0.15) is 37.3 Å². The number of rotatable bonds is 8. The first-order valence-electron chi connectivity index (χ1n) is 11.8. The van der Waals surface area contributed by atoms with Gasteiger partial charge < -0.3 is 10.0 Å². The summed E-state index contributed by atoms with van der Waals surface area (Å²) in [7, 11) is 0. The molecule has 2 aliphatic rings. The Morgan fingerprint density at radius 1 is 1.18 bits per heavy atom. The van der Waals surface area contributed by atoms with E-state index in [4.69, 9.17) is 17.2 Å². The van der Waals surface area contributed by atoms with Gasteiger partial charge in [0.25, 0.3) is 11.5 Å². The monoisotopic (exact) mass is 501 g/mol. The molecule has 8 nitrogen and oxygen atoms in total. The third kappa shape index (κ3) is 5.05. The molecule has 34 heavy (non-hydrogen) atoms. The van der Waals surface area contributed by atoms with Gasteiger partial charge in [-0.3, -0.25) is 23.8 Å². The van der Waals surface area contributed by atoms with E-state index in [0.29, 0.717) is 52.4 Å². The standard InChI is InChI=1S/C24H31N5O3S2/c1-3-4-5-8-29-23(32)19(34-24(29)33)16-18-21(27-12-10-26(11-13-27)14-15-30)25-20-17(2)7-6-9-28(20)22(18)31/h6-7,9,16,30H,3-5,8,10-15H2,1-2H3. The molecule has 4 heterocycles. The van der Waals surface area contributed by atoms with Gasteiger partial charge in [0.15, 0.2) is 0 Å². The number of carbonyl (C=O) groups is 1. The van der Waals surface area contributed by atoms with Crippen molar-refractivity contribution in [1.82, 2.24) is 19.2 Å². The number of aromatic nitrogens is 2. The third-order valence-corrected chi connectivity index (χ3v) is 7.66. The number of hydrogen-bond acceptors (Lipinski definition) is 8. The highest BCUT2D eigenvalue weighted by atomic mass is 32.2. The summed E-state index contributed by atoms with van der Waals surface area (Å²) in [5, 5.41) is 9.26. The topological polar surface area (TPSA) is 81.4 Å². The number of fused-ring (bicyclic) bond motifs is 1. The minimum atomic E-state index is -0.197. The van der Waals surface area contributed by atoms with E-state index in [0.717, 1.165) is 37.9 Å². The molecule has 0 atom stereocenters. The van der Waals surface area contributed by atoms with Crippen molar-refractivity contribution in [2.75, 3.05) is 50.8 Å². The molecule has 4 rings (SSSR count). The quantitative estimate of drug-likeness (QED) is 0.336. The number of carbonyl (C=O) groups excluding carboxylic acids is 1.